The SMILES string of the molecule is O=C(O)/C=C/c1ccc(OCc2ccc(F)cc2)c(Br)c1. The summed E-state index contributed by atoms with van der Waals surface area (Å²) in [5.41, 5.74) is 1.61. The van der Waals surface area contributed by atoms with Crippen LogP contribution in [-0.2, 0) is 11.4 Å². The molecule has 2 rings (SSSR count). The highest BCUT2D eigenvalue weighted by atomic mass is 79.9. The van der Waals surface area contributed by atoms with Crippen LogP contribution in [0.3, 0.4) is 0 Å². The van der Waals surface area contributed by atoms with E-state index in [0.717, 1.165) is 21.7 Å². The Kier molecular flexibility index (Phi) is 5.11. The number of carboxylic acid groups (broad SMARTS) is 1. The summed E-state index contributed by atoms with van der Waals surface area (Å²) in [5, 5.41) is 8.58. The zero-order chi connectivity index (χ0) is 15.2. The van der Waals surface area contributed by atoms with E-state index in [1.54, 1.807) is 30.3 Å². The van der Waals surface area contributed by atoms with Crippen LogP contribution in [-0.4, -0.2) is 11.1 Å². The Morgan fingerprint density at radius 2 is 1.95 bits per heavy atom. The van der Waals surface area contributed by atoms with Gasteiger partial charge in [0.25, 0.3) is 0 Å². The first-order valence-electron chi connectivity index (χ1n) is 6.12. The van der Waals surface area contributed by atoms with E-state index < -0.39 is 5.97 Å². The fourth-order valence-corrected chi connectivity index (χ4v) is 2.16. The molecular formula is C16H12BrFO3. The molecule has 5 heteroatoms. The molecule has 0 aliphatic heterocycles. The van der Waals surface area contributed by atoms with Crippen molar-refractivity contribution in [1.29, 1.82) is 0 Å². The molecule has 0 radical (unpaired) electrons. The molecule has 3 nitrogen and oxygen atoms in total. The normalized spacial score (nSPS) is 10.8. The lowest BCUT2D eigenvalue weighted by Gasteiger charge is -2.09. The Morgan fingerprint density at radius 1 is 1.24 bits per heavy atom. The molecule has 0 amide bonds. The Morgan fingerprint density at radius 3 is 2.57 bits per heavy atom. The molecular weight excluding hydrogens is 339 g/mol. The average molecular weight is 351 g/mol. The van der Waals surface area contributed by atoms with E-state index in [1.807, 2.05) is 0 Å². The maximum atomic E-state index is 12.8. The third-order valence-electron chi connectivity index (χ3n) is 2.68. The van der Waals surface area contributed by atoms with Crippen molar-refractivity contribution in [2.24, 2.45) is 0 Å². The van der Waals surface area contributed by atoms with Gasteiger partial charge < -0.3 is 9.84 Å². The number of aliphatic carboxylic acids is 1. The van der Waals surface area contributed by atoms with Crippen LogP contribution in [0, 0.1) is 5.82 Å². The molecule has 0 heterocycles. The average Bonchev–Trinajstić information content (AvgIpc) is 2.46. The van der Waals surface area contributed by atoms with Crippen molar-refractivity contribution < 1.29 is 19.0 Å². The van der Waals surface area contributed by atoms with Crippen LogP contribution in [0.4, 0.5) is 4.39 Å². The molecule has 0 spiro atoms. The molecule has 0 bridgehead atoms. The molecule has 0 fully saturated rings. The molecule has 0 aromatic heterocycles. The van der Waals surface area contributed by atoms with E-state index in [0.29, 0.717) is 12.4 Å². The molecule has 108 valence electrons. The summed E-state index contributed by atoms with van der Waals surface area (Å²) < 4.78 is 19.1. The van der Waals surface area contributed by atoms with Gasteiger partial charge >= 0.3 is 5.97 Å². The van der Waals surface area contributed by atoms with Gasteiger partial charge in [0.2, 0.25) is 0 Å². The van der Waals surface area contributed by atoms with Gasteiger partial charge in [-0.25, -0.2) is 9.18 Å². The summed E-state index contributed by atoms with van der Waals surface area (Å²) in [6.07, 6.45) is 2.57. The highest BCUT2D eigenvalue weighted by Gasteiger charge is 2.03. The van der Waals surface area contributed by atoms with E-state index in [1.165, 1.54) is 18.2 Å². The number of carbonyl (C=O) groups is 1. The number of rotatable bonds is 5. The fraction of sp³-hybridized carbons (Fsp3) is 0.0625. The van der Waals surface area contributed by atoms with Gasteiger partial charge in [0.15, 0.2) is 0 Å². The van der Waals surface area contributed by atoms with Crippen LogP contribution in [0.5, 0.6) is 5.75 Å². The molecule has 0 aliphatic carbocycles. The smallest absolute Gasteiger partial charge is 0.328 e. The molecule has 0 aliphatic rings. The molecule has 0 saturated heterocycles. The second-order valence-corrected chi connectivity index (χ2v) is 5.13. The van der Waals surface area contributed by atoms with Crippen molar-refractivity contribution >= 4 is 28.0 Å². The van der Waals surface area contributed by atoms with Gasteiger partial charge in [0.05, 0.1) is 4.47 Å². The second-order valence-electron chi connectivity index (χ2n) is 4.28. The van der Waals surface area contributed by atoms with Crippen molar-refractivity contribution in [3.05, 3.63) is 70.0 Å². The minimum Gasteiger partial charge on any atom is -0.488 e. The number of hydrogen-bond donors (Lipinski definition) is 1. The van der Waals surface area contributed by atoms with E-state index in [4.69, 9.17) is 9.84 Å². The molecule has 0 unspecified atom stereocenters. The molecule has 1 N–H and O–H groups in total. The minimum atomic E-state index is -0.997. The van der Waals surface area contributed by atoms with Crippen LogP contribution < -0.4 is 4.74 Å². The lowest BCUT2D eigenvalue weighted by molar-refractivity contribution is -0.131. The first-order chi connectivity index (χ1) is 10.0. The topological polar surface area (TPSA) is 46.5 Å². The van der Waals surface area contributed by atoms with Crippen LogP contribution in [0.1, 0.15) is 11.1 Å². The molecule has 0 atom stereocenters. The minimum absolute atomic E-state index is 0.283. The maximum Gasteiger partial charge on any atom is 0.328 e. The van der Waals surface area contributed by atoms with Crippen molar-refractivity contribution in [1.82, 2.24) is 0 Å². The first kappa shape index (κ1) is 15.3. The highest BCUT2D eigenvalue weighted by molar-refractivity contribution is 9.10. The quantitative estimate of drug-likeness (QED) is 0.819. The van der Waals surface area contributed by atoms with E-state index in [9.17, 15) is 9.18 Å². The van der Waals surface area contributed by atoms with E-state index >= 15 is 0 Å². The Labute approximate surface area is 129 Å². The van der Waals surface area contributed by atoms with Gasteiger partial charge in [0.1, 0.15) is 18.2 Å². The number of carboxylic acids is 1. The summed E-state index contributed by atoms with van der Waals surface area (Å²) in [4.78, 5) is 10.5. The van der Waals surface area contributed by atoms with Crippen molar-refractivity contribution in [3.8, 4) is 5.75 Å². The Hall–Kier alpha value is -2.14. The van der Waals surface area contributed by atoms with Gasteiger partial charge in [0, 0.05) is 6.08 Å². The van der Waals surface area contributed by atoms with Crippen LogP contribution in [0.15, 0.2) is 53.0 Å². The van der Waals surface area contributed by atoms with Crippen LogP contribution in [0.25, 0.3) is 6.08 Å². The van der Waals surface area contributed by atoms with Gasteiger partial charge in [-0.15, -0.1) is 0 Å². The number of benzene rings is 2. The molecule has 21 heavy (non-hydrogen) atoms. The number of hydrogen-bond acceptors (Lipinski definition) is 2. The number of ether oxygens (including phenoxy) is 1. The van der Waals surface area contributed by atoms with E-state index in [2.05, 4.69) is 15.9 Å². The van der Waals surface area contributed by atoms with Crippen molar-refractivity contribution in [2.45, 2.75) is 6.61 Å². The summed E-state index contributed by atoms with van der Waals surface area (Å²) in [6.45, 7) is 0.323. The summed E-state index contributed by atoms with van der Waals surface area (Å²) >= 11 is 3.37. The monoisotopic (exact) mass is 350 g/mol. The predicted molar refractivity (Wildman–Crippen MR) is 81.5 cm³/mol. The first-order valence-corrected chi connectivity index (χ1v) is 6.92. The van der Waals surface area contributed by atoms with Crippen molar-refractivity contribution in [3.63, 3.8) is 0 Å². The predicted octanol–water partition coefficient (Wildman–Crippen LogP) is 4.27. The van der Waals surface area contributed by atoms with Gasteiger partial charge in [-0.05, 0) is 57.4 Å². The van der Waals surface area contributed by atoms with Crippen molar-refractivity contribution in [2.75, 3.05) is 0 Å². The molecule has 0 saturated carbocycles. The zero-order valence-electron chi connectivity index (χ0n) is 10.9. The second kappa shape index (κ2) is 7.04. The number of halogens is 2. The fourth-order valence-electron chi connectivity index (χ4n) is 1.65. The summed E-state index contributed by atoms with van der Waals surface area (Å²) in [7, 11) is 0. The standard InChI is InChI=1S/C16H12BrFO3/c17-14-9-11(4-8-16(19)20)3-7-15(14)21-10-12-1-5-13(18)6-2-12/h1-9H,10H2,(H,19,20)/b8-4+. The summed E-state index contributed by atoms with van der Waals surface area (Å²) in [6, 6.07) is 11.3. The van der Waals surface area contributed by atoms with E-state index in [-0.39, 0.29) is 5.82 Å². The highest BCUT2D eigenvalue weighted by Crippen LogP contribution is 2.27. The lowest BCUT2D eigenvalue weighted by Crippen LogP contribution is -1.96. The maximum absolute atomic E-state index is 12.8. The van der Waals surface area contributed by atoms with Crippen LogP contribution in [0.2, 0.25) is 0 Å². The largest absolute Gasteiger partial charge is 0.488 e. The Balaban J connectivity index is 2.04. The van der Waals surface area contributed by atoms with Crippen LogP contribution >= 0.6 is 15.9 Å². The Bertz CT molecular complexity index is 666. The molecule has 2 aromatic carbocycles. The molecule has 2 aromatic rings. The lowest BCUT2D eigenvalue weighted by atomic mass is 10.2. The van der Waals surface area contributed by atoms with Gasteiger partial charge in [-0.1, -0.05) is 18.2 Å². The summed E-state index contributed by atoms with van der Waals surface area (Å²) in [5.74, 6) is -0.649. The zero-order valence-corrected chi connectivity index (χ0v) is 12.5. The third-order valence-corrected chi connectivity index (χ3v) is 3.30. The van der Waals surface area contributed by atoms with Gasteiger partial charge in [-0.3, -0.25) is 0 Å². The van der Waals surface area contributed by atoms with Gasteiger partial charge in [-0.2, -0.15) is 0 Å². The third kappa shape index (κ3) is 4.72.